The third-order valence-corrected chi connectivity index (χ3v) is 5.74. The molecule has 1 fully saturated rings. The third kappa shape index (κ3) is 5.35. The van der Waals surface area contributed by atoms with Crippen LogP contribution in [-0.2, 0) is 0 Å². The molecule has 1 aliphatic rings. The maximum absolute atomic E-state index is 6.27. The summed E-state index contributed by atoms with van der Waals surface area (Å²) < 4.78 is 5.86. The molecule has 172 valence electrons. The van der Waals surface area contributed by atoms with E-state index in [1.165, 1.54) is 6.42 Å². The summed E-state index contributed by atoms with van der Waals surface area (Å²) in [6, 6.07) is 21.0. The quantitative estimate of drug-likeness (QED) is 0.252. The highest BCUT2D eigenvalue weighted by molar-refractivity contribution is 6.33. The highest BCUT2D eigenvalue weighted by Gasteiger charge is 2.16. The number of furan rings is 1. The molecule has 5 rings (SSSR count). The van der Waals surface area contributed by atoms with Crippen molar-refractivity contribution in [3.05, 3.63) is 77.5 Å². The number of hydrazone groups is 1. The topological polar surface area (TPSA) is 91.5 Å². The van der Waals surface area contributed by atoms with Crippen LogP contribution >= 0.6 is 11.6 Å². The number of hydrogen-bond acceptors (Lipinski definition) is 8. The molecule has 2 aromatic carbocycles. The average molecular weight is 474 g/mol. The van der Waals surface area contributed by atoms with E-state index >= 15 is 0 Å². The highest BCUT2D eigenvalue weighted by atomic mass is 35.5. The van der Waals surface area contributed by atoms with E-state index in [9.17, 15) is 0 Å². The second-order valence-electron chi connectivity index (χ2n) is 7.87. The Balaban J connectivity index is 1.34. The summed E-state index contributed by atoms with van der Waals surface area (Å²) in [5.41, 5.74) is 4.64. The molecule has 0 saturated carbocycles. The van der Waals surface area contributed by atoms with Gasteiger partial charge in [-0.1, -0.05) is 41.9 Å². The molecule has 9 heteroatoms. The summed E-state index contributed by atoms with van der Waals surface area (Å²) in [6.45, 7) is 1.85. The van der Waals surface area contributed by atoms with Crippen molar-refractivity contribution in [2.75, 3.05) is 28.7 Å². The lowest BCUT2D eigenvalue weighted by Gasteiger charge is -2.26. The van der Waals surface area contributed by atoms with Gasteiger partial charge in [-0.2, -0.15) is 20.1 Å². The SMILES string of the molecule is Clc1ccccc1-c1ccc(C=NNc2nc(Nc3ccccc3)nc(N3CCCCC3)n2)o1. The van der Waals surface area contributed by atoms with Crippen LogP contribution in [0.2, 0.25) is 5.02 Å². The van der Waals surface area contributed by atoms with Crippen LogP contribution in [-0.4, -0.2) is 34.3 Å². The van der Waals surface area contributed by atoms with Crippen LogP contribution < -0.4 is 15.6 Å². The Hall–Kier alpha value is -3.91. The summed E-state index contributed by atoms with van der Waals surface area (Å²) in [5.74, 6) is 2.69. The Bertz CT molecular complexity index is 1270. The number of benzene rings is 2. The van der Waals surface area contributed by atoms with E-state index in [0.29, 0.717) is 34.4 Å². The minimum absolute atomic E-state index is 0.350. The van der Waals surface area contributed by atoms with Crippen LogP contribution in [0.3, 0.4) is 0 Å². The number of hydrogen-bond donors (Lipinski definition) is 2. The summed E-state index contributed by atoms with van der Waals surface area (Å²) in [7, 11) is 0. The second kappa shape index (κ2) is 10.4. The summed E-state index contributed by atoms with van der Waals surface area (Å²) in [4.78, 5) is 15.9. The van der Waals surface area contributed by atoms with E-state index in [0.717, 1.165) is 37.2 Å². The molecular formula is C25H24ClN7O. The fourth-order valence-corrected chi connectivity index (χ4v) is 3.97. The van der Waals surface area contributed by atoms with Gasteiger partial charge >= 0.3 is 0 Å². The van der Waals surface area contributed by atoms with Crippen molar-refractivity contribution in [1.82, 2.24) is 15.0 Å². The minimum Gasteiger partial charge on any atom is -0.455 e. The van der Waals surface area contributed by atoms with Crippen LogP contribution in [0.1, 0.15) is 25.0 Å². The van der Waals surface area contributed by atoms with Crippen LogP contribution in [0.4, 0.5) is 23.5 Å². The van der Waals surface area contributed by atoms with Crippen molar-refractivity contribution >= 4 is 41.3 Å². The van der Waals surface area contributed by atoms with Gasteiger partial charge in [-0.15, -0.1) is 0 Å². The predicted octanol–water partition coefficient (Wildman–Crippen LogP) is 5.96. The number of nitrogens with zero attached hydrogens (tertiary/aromatic N) is 5. The van der Waals surface area contributed by atoms with Gasteiger partial charge in [-0.3, -0.25) is 0 Å². The largest absolute Gasteiger partial charge is 0.455 e. The van der Waals surface area contributed by atoms with E-state index in [1.807, 2.05) is 66.7 Å². The molecule has 0 unspecified atom stereocenters. The first-order chi connectivity index (χ1) is 16.7. The molecule has 1 saturated heterocycles. The fourth-order valence-electron chi connectivity index (χ4n) is 3.74. The lowest BCUT2D eigenvalue weighted by atomic mass is 10.1. The van der Waals surface area contributed by atoms with Gasteiger partial charge in [0.25, 0.3) is 0 Å². The summed E-state index contributed by atoms with van der Waals surface area (Å²) >= 11 is 6.27. The molecule has 4 aromatic rings. The average Bonchev–Trinajstić information content (AvgIpc) is 3.34. The number of para-hydroxylation sites is 1. The second-order valence-corrected chi connectivity index (χ2v) is 8.28. The van der Waals surface area contributed by atoms with E-state index < -0.39 is 0 Å². The van der Waals surface area contributed by atoms with Gasteiger partial charge in [-0.05, 0) is 55.7 Å². The first-order valence-corrected chi connectivity index (χ1v) is 11.6. The lowest BCUT2D eigenvalue weighted by molar-refractivity contribution is 0.568. The molecule has 0 bridgehead atoms. The molecular weight excluding hydrogens is 450 g/mol. The van der Waals surface area contributed by atoms with Crippen molar-refractivity contribution in [2.24, 2.45) is 5.10 Å². The molecule has 0 atom stereocenters. The smallest absolute Gasteiger partial charge is 0.250 e. The lowest BCUT2D eigenvalue weighted by Crippen LogP contribution is -2.31. The van der Waals surface area contributed by atoms with Gasteiger partial charge in [0.05, 0.1) is 11.2 Å². The Kier molecular flexibility index (Phi) is 6.67. The summed E-state index contributed by atoms with van der Waals surface area (Å²) in [5, 5.41) is 8.15. The molecule has 0 aliphatic carbocycles. The van der Waals surface area contributed by atoms with Crippen molar-refractivity contribution in [3.8, 4) is 11.3 Å². The fraction of sp³-hybridized carbons (Fsp3) is 0.200. The van der Waals surface area contributed by atoms with Crippen LogP contribution in [0, 0.1) is 0 Å². The maximum Gasteiger partial charge on any atom is 0.250 e. The van der Waals surface area contributed by atoms with E-state index in [4.69, 9.17) is 16.0 Å². The monoisotopic (exact) mass is 473 g/mol. The number of anilines is 4. The molecule has 8 nitrogen and oxygen atoms in total. The van der Waals surface area contributed by atoms with E-state index in [-0.39, 0.29) is 0 Å². The number of nitrogens with one attached hydrogen (secondary N) is 2. The van der Waals surface area contributed by atoms with Crippen LogP contribution in [0.15, 0.2) is 76.2 Å². The standard InChI is InChI=1S/C25H24ClN7O/c26-21-12-6-5-11-20(21)22-14-13-19(34-22)17-27-32-24-29-23(28-18-9-3-1-4-10-18)30-25(31-24)33-15-7-2-8-16-33/h1,3-6,9-14,17H,2,7-8,15-16H2,(H2,28,29,30,31,32). The predicted molar refractivity (Wildman–Crippen MR) is 136 cm³/mol. The van der Waals surface area contributed by atoms with Crippen molar-refractivity contribution in [2.45, 2.75) is 19.3 Å². The molecule has 2 aromatic heterocycles. The summed E-state index contributed by atoms with van der Waals surface area (Å²) in [6.07, 6.45) is 5.06. The van der Waals surface area contributed by atoms with Crippen LogP contribution in [0.25, 0.3) is 11.3 Å². The van der Waals surface area contributed by atoms with Gasteiger partial charge in [-0.25, -0.2) is 5.43 Å². The van der Waals surface area contributed by atoms with Gasteiger partial charge < -0.3 is 14.6 Å². The zero-order valence-corrected chi connectivity index (χ0v) is 19.2. The zero-order valence-electron chi connectivity index (χ0n) is 18.5. The number of aromatic nitrogens is 3. The first kappa shape index (κ1) is 21.9. The molecule has 1 aliphatic heterocycles. The highest BCUT2D eigenvalue weighted by Crippen LogP contribution is 2.28. The van der Waals surface area contributed by atoms with Crippen molar-refractivity contribution < 1.29 is 4.42 Å². The van der Waals surface area contributed by atoms with Crippen molar-refractivity contribution in [3.63, 3.8) is 0 Å². The normalized spacial score (nSPS) is 13.9. The van der Waals surface area contributed by atoms with Gasteiger partial charge in [0.2, 0.25) is 17.8 Å². The number of piperidine rings is 1. The Morgan fingerprint density at radius 1 is 0.853 bits per heavy atom. The number of rotatable bonds is 7. The van der Waals surface area contributed by atoms with Crippen LogP contribution in [0.5, 0.6) is 0 Å². The van der Waals surface area contributed by atoms with Gasteiger partial charge in [0.15, 0.2) is 0 Å². The molecule has 3 heterocycles. The Morgan fingerprint density at radius 2 is 1.62 bits per heavy atom. The molecule has 0 radical (unpaired) electrons. The Labute approximate surface area is 202 Å². The third-order valence-electron chi connectivity index (χ3n) is 5.41. The van der Waals surface area contributed by atoms with E-state index in [2.05, 4.69) is 35.7 Å². The first-order valence-electron chi connectivity index (χ1n) is 11.2. The maximum atomic E-state index is 6.27. The number of halogens is 1. The Morgan fingerprint density at radius 3 is 2.44 bits per heavy atom. The molecule has 2 N–H and O–H groups in total. The minimum atomic E-state index is 0.350. The van der Waals surface area contributed by atoms with Gasteiger partial charge in [0.1, 0.15) is 11.5 Å². The van der Waals surface area contributed by atoms with E-state index in [1.54, 1.807) is 6.21 Å². The zero-order chi connectivity index (χ0) is 23.2. The van der Waals surface area contributed by atoms with Gasteiger partial charge in [0, 0.05) is 24.3 Å². The molecule has 34 heavy (non-hydrogen) atoms. The molecule has 0 spiro atoms. The molecule has 0 amide bonds. The van der Waals surface area contributed by atoms with Crippen molar-refractivity contribution in [1.29, 1.82) is 0 Å².